The molecule has 1 saturated carbocycles. The number of hydrogen-bond donors (Lipinski definition) is 2. The number of nitrogens with zero attached hydrogens (tertiary/aromatic N) is 1. The molecular weight excluding hydrogens is 230 g/mol. The Balaban J connectivity index is 3.24. The first-order chi connectivity index (χ1) is 7.98. The standard InChI is InChI=1S/C14H27NO3/c1-12(2,3)15(11(17)18)14(6)8-7-10(9-16)13(14,4)5/h10,16H,7-9H2,1-6H3,(H,17,18)/t10-,14?/m1/s1. The number of amides is 1. The number of hydrogen-bond acceptors (Lipinski definition) is 2. The van der Waals surface area contributed by atoms with Crippen molar-refractivity contribution in [3.8, 4) is 0 Å². The van der Waals surface area contributed by atoms with E-state index in [1.807, 2.05) is 27.7 Å². The maximum atomic E-state index is 11.7. The molecule has 0 bridgehead atoms. The summed E-state index contributed by atoms with van der Waals surface area (Å²) >= 11 is 0. The zero-order valence-electron chi connectivity index (χ0n) is 12.4. The Bertz CT molecular complexity index is 332. The van der Waals surface area contributed by atoms with Crippen molar-refractivity contribution < 1.29 is 15.0 Å². The molecule has 0 saturated heterocycles. The molecule has 0 heterocycles. The van der Waals surface area contributed by atoms with E-state index < -0.39 is 17.2 Å². The van der Waals surface area contributed by atoms with E-state index in [0.29, 0.717) is 0 Å². The predicted octanol–water partition coefficient (Wildman–Crippen LogP) is 2.95. The second-order valence-corrected chi connectivity index (χ2v) is 7.20. The first-order valence-corrected chi connectivity index (χ1v) is 6.62. The third-order valence-corrected chi connectivity index (χ3v) is 4.96. The van der Waals surface area contributed by atoms with Crippen LogP contribution in [0.4, 0.5) is 4.79 Å². The number of carbonyl (C=O) groups is 1. The van der Waals surface area contributed by atoms with E-state index in [4.69, 9.17) is 0 Å². The van der Waals surface area contributed by atoms with Crippen LogP contribution in [0.25, 0.3) is 0 Å². The van der Waals surface area contributed by atoms with Crippen molar-refractivity contribution in [3.63, 3.8) is 0 Å². The van der Waals surface area contributed by atoms with Crippen molar-refractivity contribution in [2.75, 3.05) is 6.61 Å². The van der Waals surface area contributed by atoms with Crippen LogP contribution in [0.2, 0.25) is 0 Å². The molecule has 0 aromatic heterocycles. The van der Waals surface area contributed by atoms with Crippen molar-refractivity contribution in [1.29, 1.82) is 0 Å². The van der Waals surface area contributed by atoms with Crippen LogP contribution in [0.1, 0.15) is 54.4 Å². The van der Waals surface area contributed by atoms with Gasteiger partial charge in [-0.25, -0.2) is 4.79 Å². The summed E-state index contributed by atoms with van der Waals surface area (Å²) in [5.41, 5.74) is -1.11. The van der Waals surface area contributed by atoms with Crippen LogP contribution in [0.5, 0.6) is 0 Å². The molecule has 1 fully saturated rings. The van der Waals surface area contributed by atoms with Crippen molar-refractivity contribution in [2.45, 2.75) is 65.5 Å². The Morgan fingerprint density at radius 3 is 2.11 bits per heavy atom. The quantitative estimate of drug-likeness (QED) is 0.799. The van der Waals surface area contributed by atoms with Crippen LogP contribution in [-0.2, 0) is 0 Å². The molecule has 1 aliphatic rings. The molecule has 1 unspecified atom stereocenters. The average molecular weight is 257 g/mol. The van der Waals surface area contributed by atoms with Gasteiger partial charge in [0.25, 0.3) is 0 Å². The molecule has 4 heteroatoms. The molecule has 0 aromatic carbocycles. The van der Waals surface area contributed by atoms with Gasteiger partial charge >= 0.3 is 6.09 Å². The van der Waals surface area contributed by atoms with E-state index in [1.54, 1.807) is 4.90 Å². The number of rotatable bonds is 2. The highest BCUT2D eigenvalue weighted by atomic mass is 16.4. The fraction of sp³-hybridized carbons (Fsp3) is 0.929. The molecule has 106 valence electrons. The highest BCUT2D eigenvalue weighted by Crippen LogP contribution is 2.54. The summed E-state index contributed by atoms with van der Waals surface area (Å²) in [6.07, 6.45) is 0.797. The Kier molecular flexibility index (Phi) is 3.74. The summed E-state index contributed by atoms with van der Waals surface area (Å²) in [5.74, 6) is 0.159. The molecule has 1 amide bonds. The SMILES string of the molecule is CC(C)(C)N(C(=O)O)C1(C)CC[C@H](CO)C1(C)C. The van der Waals surface area contributed by atoms with E-state index >= 15 is 0 Å². The fourth-order valence-electron chi connectivity index (χ4n) is 3.54. The second kappa shape index (κ2) is 4.41. The van der Waals surface area contributed by atoms with Crippen LogP contribution in [0.3, 0.4) is 0 Å². The Morgan fingerprint density at radius 2 is 1.83 bits per heavy atom. The minimum Gasteiger partial charge on any atom is -0.465 e. The summed E-state index contributed by atoms with van der Waals surface area (Å²) in [7, 11) is 0. The lowest BCUT2D eigenvalue weighted by Crippen LogP contribution is -2.63. The Hall–Kier alpha value is -0.770. The molecule has 0 aromatic rings. The minimum absolute atomic E-state index is 0.125. The van der Waals surface area contributed by atoms with Gasteiger partial charge in [0.15, 0.2) is 0 Å². The van der Waals surface area contributed by atoms with Gasteiger partial charge in [-0.1, -0.05) is 13.8 Å². The largest absolute Gasteiger partial charge is 0.465 e. The molecule has 18 heavy (non-hydrogen) atoms. The summed E-state index contributed by atoms with van der Waals surface area (Å²) in [5, 5.41) is 19.1. The van der Waals surface area contributed by atoms with Crippen LogP contribution in [0, 0.1) is 11.3 Å². The van der Waals surface area contributed by atoms with Gasteiger partial charge in [0.2, 0.25) is 0 Å². The zero-order valence-corrected chi connectivity index (χ0v) is 12.4. The van der Waals surface area contributed by atoms with Gasteiger partial charge in [0.05, 0.1) is 0 Å². The van der Waals surface area contributed by atoms with Crippen LogP contribution < -0.4 is 0 Å². The van der Waals surface area contributed by atoms with Gasteiger partial charge in [-0.05, 0) is 51.9 Å². The van der Waals surface area contributed by atoms with Gasteiger partial charge in [0, 0.05) is 17.7 Å². The van der Waals surface area contributed by atoms with E-state index in [0.717, 1.165) is 12.8 Å². The third kappa shape index (κ3) is 2.11. The normalized spacial score (nSPS) is 31.4. The summed E-state index contributed by atoms with van der Waals surface area (Å²) in [6, 6.07) is 0. The van der Waals surface area contributed by atoms with Crippen molar-refractivity contribution in [3.05, 3.63) is 0 Å². The summed E-state index contributed by atoms with van der Waals surface area (Å²) < 4.78 is 0. The highest BCUT2D eigenvalue weighted by Gasteiger charge is 2.57. The predicted molar refractivity (Wildman–Crippen MR) is 71.6 cm³/mol. The third-order valence-electron chi connectivity index (χ3n) is 4.96. The molecule has 2 atom stereocenters. The van der Waals surface area contributed by atoms with Crippen molar-refractivity contribution in [2.24, 2.45) is 11.3 Å². The lowest BCUT2D eigenvalue weighted by Gasteiger charge is -2.53. The van der Waals surface area contributed by atoms with Gasteiger partial charge in [0.1, 0.15) is 0 Å². The lowest BCUT2D eigenvalue weighted by atomic mass is 9.69. The molecule has 4 nitrogen and oxygen atoms in total. The van der Waals surface area contributed by atoms with E-state index in [1.165, 1.54) is 0 Å². The monoisotopic (exact) mass is 257 g/mol. The number of carboxylic acid groups (broad SMARTS) is 1. The van der Waals surface area contributed by atoms with Gasteiger partial charge < -0.3 is 10.2 Å². The maximum absolute atomic E-state index is 11.7. The minimum atomic E-state index is -0.878. The highest BCUT2D eigenvalue weighted by molar-refractivity contribution is 5.67. The lowest BCUT2D eigenvalue weighted by molar-refractivity contribution is -0.0421. The average Bonchev–Trinajstić information content (AvgIpc) is 2.35. The van der Waals surface area contributed by atoms with E-state index in [9.17, 15) is 15.0 Å². The summed E-state index contributed by atoms with van der Waals surface area (Å²) in [6.45, 7) is 12.1. The molecule has 1 aliphatic carbocycles. The number of aliphatic hydroxyl groups is 1. The van der Waals surface area contributed by atoms with Crippen molar-refractivity contribution in [1.82, 2.24) is 4.90 Å². The first kappa shape index (κ1) is 15.3. The van der Waals surface area contributed by atoms with E-state index in [2.05, 4.69) is 13.8 Å². The van der Waals surface area contributed by atoms with E-state index in [-0.39, 0.29) is 17.9 Å². The van der Waals surface area contributed by atoms with Crippen LogP contribution >= 0.6 is 0 Å². The van der Waals surface area contributed by atoms with Crippen molar-refractivity contribution >= 4 is 6.09 Å². The molecule has 0 aliphatic heterocycles. The first-order valence-electron chi connectivity index (χ1n) is 6.62. The van der Waals surface area contributed by atoms with Crippen LogP contribution in [0.15, 0.2) is 0 Å². The van der Waals surface area contributed by atoms with Gasteiger partial charge in [-0.15, -0.1) is 0 Å². The number of aliphatic hydroxyl groups excluding tert-OH is 1. The molecular formula is C14H27NO3. The summed E-state index contributed by atoms with van der Waals surface area (Å²) in [4.78, 5) is 13.3. The fourth-order valence-corrected chi connectivity index (χ4v) is 3.54. The van der Waals surface area contributed by atoms with Crippen LogP contribution in [-0.4, -0.2) is 38.9 Å². The molecule has 0 radical (unpaired) electrons. The zero-order chi connectivity index (χ0) is 14.4. The van der Waals surface area contributed by atoms with Gasteiger partial charge in [-0.2, -0.15) is 0 Å². The Morgan fingerprint density at radius 1 is 1.33 bits per heavy atom. The molecule has 1 rings (SSSR count). The smallest absolute Gasteiger partial charge is 0.408 e. The topological polar surface area (TPSA) is 60.8 Å². The second-order valence-electron chi connectivity index (χ2n) is 7.20. The molecule has 2 N–H and O–H groups in total. The maximum Gasteiger partial charge on any atom is 0.408 e. The molecule has 0 spiro atoms. The Labute approximate surface area is 110 Å². The van der Waals surface area contributed by atoms with Gasteiger partial charge in [-0.3, -0.25) is 4.90 Å².